The Balaban J connectivity index is 2.03. The summed E-state index contributed by atoms with van der Waals surface area (Å²) in [6.07, 6.45) is 0. The molecule has 0 saturated carbocycles. The van der Waals surface area contributed by atoms with Crippen LogP contribution in [0.2, 0.25) is 0 Å². The minimum absolute atomic E-state index is 0.115. The first-order valence-electron chi connectivity index (χ1n) is 5.71. The Morgan fingerprint density at radius 2 is 1.89 bits per heavy atom. The van der Waals surface area contributed by atoms with Gasteiger partial charge in [-0.25, -0.2) is 9.37 Å². The number of aromatic hydroxyl groups is 1. The van der Waals surface area contributed by atoms with Gasteiger partial charge in [0.25, 0.3) is 0 Å². The molecule has 4 nitrogen and oxygen atoms in total. The lowest BCUT2D eigenvalue weighted by Gasteiger charge is -1.98. The molecule has 3 rings (SSSR count). The molecule has 1 heterocycles. The van der Waals surface area contributed by atoms with Gasteiger partial charge in [-0.15, -0.1) is 0 Å². The van der Waals surface area contributed by atoms with Crippen LogP contribution in [-0.2, 0) is 0 Å². The molecule has 94 valence electrons. The number of phenols is 1. The molecule has 0 saturated heterocycles. The Morgan fingerprint density at radius 1 is 1.05 bits per heavy atom. The molecule has 0 atom stereocenters. The molecule has 0 aliphatic carbocycles. The largest absolute Gasteiger partial charge is 0.507 e. The second-order valence-electron chi connectivity index (χ2n) is 4.04. The van der Waals surface area contributed by atoms with Crippen LogP contribution in [0.5, 0.6) is 5.75 Å². The SMILES string of the molecule is Oc1ccccc1-c1nc(-c2cccc(F)c2)n[nH]1. The molecule has 0 unspecified atom stereocenters. The molecule has 2 N–H and O–H groups in total. The summed E-state index contributed by atoms with van der Waals surface area (Å²) in [4.78, 5) is 4.26. The van der Waals surface area contributed by atoms with Crippen molar-refractivity contribution in [3.63, 3.8) is 0 Å². The monoisotopic (exact) mass is 255 g/mol. The van der Waals surface area contributed by atoms with Crippen molar-refractivity contribution in [2.75, 3.05) is 0 Å². The zero-order chi connectivity index (χ0) is 13.2. The molecule has 19 heavy (non-hydrogen) atoms. The van der Waals surface area contributed by atoms with Gasteiger partial charge in [-0.05, 0) is 24.3 Å². The van der Waals surface area contributed by atoms with E-state index < -0.39 is 0 Å². The number of benzene rings is 2. The van der Waals surface area contributed by atoms with Gasteiger partial charge in [-0.1, -0.05) is 24.3 Å². The van der Waals surface area contributed by atoms with Crippen LogP contribution in [0.3, 0.4) is 0 Å². The fraction of sp³-hybridized carbons (Fsp3) is 0. The Hall–Kier alpha value is -2.69. The molecule has 5 heteroatoms. The Labute approximate surface area is 108 Å². The van der Waals surface area contributed by atoms with E-state index in [0.717, 1.165) is 0 Å². The first kappa shape index (κ1) is 11.4. The fourth-order valence-corrected chi connectivity index (χ4v) is 1.81. The lowest BCUT2D eigenvalue weighted by atomic mass is 10.2. The Kier molecular flexibility index (Phi) is 2.72. The molecular weight excluding hydrogens is 245 g/mol. The average molecular weight is 255 g/mol. The van der Waals surface area contributed by atoms with Gasteiger partial charge in [-0.2, -0.15) is 5.10 Å². The zero-order valence-electron chi connectivity index (χ0n) is 9.84. The topological polar surface area (TPSA) is 61.8 Å². The van der Waals surface area contributed by atoms with Crippen LogP contribution < -0.4 is 0 Å². The van der Waals surface area contributed by atoms with E-state index in [0.29, 0.717) is 22.8 Å². The maximum atomic E-state index is 13.1. The number of halogens is 1. The van der Waals surface area contributed by atoms with E-state index in [1.54, 1.807) is 36.4 Å². The summed E-state index contributed by atoms with van der Waals surface area (Å²) in [6, 6.07) is 12.9. The molecule has 1 aromatic heterocycles. The van der Waals surface area contributed by atoms with Gasteiger partial charge < -0.3 is 5.11 Å². The standard InChI is InChI=1S/C14H10FN3O/c15-10-5-3-4-9(8-10)13-16-14(18-17-13)11-6-1-2-7-12(11)19/h1-8,19H,(H,16,17,18). The van der Waals surface area contributed by atoms with Gasteiger partial charge in [0.1, 0.15) is 11.6 Å². The van der Waals surface area contributed by atoms with Crippen LogP contribution >= 0.6 is 0 Å². The van der Waals surface area contributed by atoms with Crippen molar-refractivity contribution in [1.29, 1.82) is 0 Å². The molecule has 2 aromatic carbocycles. The highest BCUT2D eigenvalue weighted by atomic mass is 19.1. The molecule has 0 fully saturated rings. The number of para-hydroxylation sites is 1. The molecule has 0 radical (unpaired) electrons. The molecule has 0 aliphatic heterocycles. The Bertz CT molecular complexity index is 724. The highest BCUT2D eigenvalue weighted by Crippen LogP contribution is 2.27. The van der Waals surface area contributed by atoms with E-state index in [-0.39, 0.29) is 11.6 Å². The second kappa shape index (κ2) is 4.53. The fourth-order valence-electron chi connectivity index (χ4n) is 1.81. The summed E-state index contributed by atoms with van der Waals surface area (Å²) < 4.78 is 13.1. The predicted molar refractivity (Wildman–Crippen MR) is 68.9 cm³/mol. The van der Waals surface area contributed by atoms with E-state index in [2.05, 4.69) is 15.2 Å². The number of H-pyrrole nitrogens is 1. The van der Waals surface area contributed by atoms with E-state index in [1.165, 1.54) is 12.1 Å². The van der Waals surface area contributed by atoms with E-state index >= 15 is 0 Å². The number of hydrogen-bond acceptors (Lipinski definition) is 3. The summed E-state index contributed by atoms with van der Waals surface area (Å²) in [5, 5.41) is 16.5. The first-order valence-corrected chi connectivity index (χ1v) is 5.71. The van der Waals surface area contributed by atoms with Crippen molar-refractivity contribution in [3.8, 4) is 28.5 Å². The van der Waals surface area contributed by atoms with Crippen LogP contribution in [0, 0.1) is 5.82 Å². The number of nitrogens with one attached hydrogen (secondary N) is 1. The van der Waals surface area contributed by atoms with Gasteiger partial charge in [-0.3, -0.25) is 5.10 Å². The Morgan fingerprint density at radius 3 is 2.68 bits per heavy atom. The van der Waals surface area contributed by atoms with E-state index in [1.807, 2.05) is 0 Å². The number of nitrogens with zero attached hydrogens (tertiary/aromatic N) is 2. The summed E-state index contributed by atoms with van der Waals surface area (Å²) in [6.45, 7) is 0. The molecular formula is C14H10FN3O. The molecule has 0 amide bonds. The van der Waals surface area contributed by atoms with Crippen LogP contribution in [0.15, 0.2) is 48.5 Å². The van der Waals surface area contributed by atoms with Crippen molar-refractivity contribution in [2.24, 2.45) is 0 Å². The smallest absolute Gasteiger partial charge is 0.181 e. The first-order chi connectivity index (χ1) is 9.24. The van der Waals surface area contributed by atoms with Crippen LogP contribution in [0.25, 0.3) is 22.8 Å². The number of aromatic nitrogens is 3. The third-order valence-electron chi connectivity index (χ3n) is 2.73. The van der Waals surface area contributed by atoms with Gasteiger partial charge >= 0.3 is 0 Å². The molecule has 0 bridgehead atoms. The molecule has 0 spiro atoms. The quantitative estimate of drug-likeness (QED) is 0.740. The summed E-state index contributed by atoms with van der Waals surface area (Å²) in [7, 11) is 0. The molecule has 0 aliphatic rings. The third kappa shape index (κ3) is 2.18. The third-order valence-corrected chi connectivity index (χ3v) is 2.73. The second-order valence-corrected chi connectivity index (χ2v) is 4.04. The van der Waals surface area contributed by atoms with Crippen molar-refractivity contribution < 1.29 is 9.50 Å². The number of phenolic OH excluding ortho intramolecular Hbond substituents is 1. The van der Waals surface area contributed by atoms with Crippen molar-refractivity contribution in [1.82, 2.24) is 15.2 Å². The van der Waals surface area contributed by atoms with Crippen molar-refractivity contribution >= 4 is 0 Å². The van der Waals surface area contributed by atoms with E-state index in [9.17, 15) is 9.50 Å². The number of hydrogen-bond donors (Lipinski definition) is 2. The van der Waals surface area contributed by atoms with Crippen LogP contribution in [0.4, 0.5) is 4.39 Å². The number of aromatic amines is 1. The van der Waals surface area contributed by atoms with Crippen LogP contribution in [0.1, 0.15) is 0 Å². The van der Waals surface area contributed by atoms with Gasteiger partial charge in [0.05, 0.1) is 5.56 Å². The molecule has 3 aromatic rings. The minimum atomic E-state index is -0.341. The lowest BCUT2D eigenvalue weighted by molar-refractivity contribution is 0.477. The maximum Gasteiger partial charge on any atom is 0.181 e. The van der Waals surface area contributed by atoms with Gasteiger partial charge in [0, 0.05) is 5.56 Å². The summed E-state index contributed by atoms with van der Waals surface area (Å²) in [5.74, 6) is 0.603. The highest BCUT2D eigenvalue weighted by Gasteiger charge is 2.10. The predicted octanol–water partition coefficient (Wildman–Crippen LogP) is 2.98. The van der Waals surface area contributed by atoms with Gasteiger partial charge in [0.15, 0.2) is 11.6 Å². The lowest BCUT2D eigenvalue weighted by Crippen LogP contribution is -1.83. The van der Waals surface area contributed by atoms with Crippen molar-refractivity contribution in [3.05, 3.63) is 54.3 Å². The summed E-state index contributed by atoms with van der Waals surface area (Å²) >= 11 is 0. The van der Waals surface area contributed by atoms with Crippen molar-refractivity contribution in [2.45, 2.75) is 0 Å². The normalized spacial score (nSPS) is 10.6. The van der Waals surface area contributed by atoms with Crippen LogP contribution in [-0.4, -0.2) is 20.3 Å². The number of rotatable bonds is 2. The highest BCUT2D eigenvalue weighted by molar-refractivity contribution is 5.66. The zero-order valence-corrected chi connectivity index (χ0v) is 9.84. The van der Waals surface area contributed by atoms with E-state index in [4.69, 9.17) is 0 Å². The maximum absolute atomic E-state index is 13.1. The average Bonchev–Trinajstić information content (AvgIpc) is 2.89. The minimum Gasteiger partial charge on any atom is -0.507 e. The summed E-state index contributed by atoms with van der Waals surface area (Å²) in [5.41, 5.74) is 1.13. The van der Waals surface area contributed by atoms with Gasteiger partial charge in [0.2, 0.25) is 0 Å².